The van der Waals surface area contributed by atoms with Crippen molar-refractivity contribution >= 4 is 5.97 Å². The summed E-state index contributed by atoms with van der Waals surface area (Å²) in [5.41, 5.74) is 2.23. The van der Waals surface area contributed by atoms with Gasteiger partial charge in [0.05, 0.1) is 12.8 Å². The zero-order chi connectivity index (χ0) is 14.7. The number of hydrogen-bond acceptors (Lipinski definition) is 4. The largest absolute Gasteiger partial charge is 0.468 e. The summed E-state index contributed by atoms with van der Waals surface area (Å²) in [5, 5.41) is 4.21. The highest BCUT2D eigenvalue weighted by molar-refractivity contribution is 5.75. The Morgan fingerprint density at radius 3 is 2.86 bits per heavy atom. The van der Waals surface area contributed by atoms with E-state index in [2.05, 4.69) is 22.1 Å². The first kappa shape index (κ1) is 13.8. The lowest BCUT2D eigenvalue weighted by molar-refractivity contribution is -0.146. The van der Waals surface area contributed by atoms with E-state index in [4.69, 9.17) is 4.74 Å². The SMILES string of the molecule is COC(=O)C1CCCN1Cc1ccc(-n2cccn2)cc1. The van der Waals surface area contributed by atoms with Crippen molar-refractivity contribution in [3.05, 3.63) is 48.3 Å². The smallest absolute Gasteiger partial charge is 0.323 e. The Morgan fingerprint density at radius 2 is 2.19 bits per heavy atom. The summed E-state index contributed by atoms with van der Waals surface area (Å²) < 4.78 is 6.71. The van der Waals surface area contributed by atoms with Crippen molar-refractivity contribution in [2.45, 2.75) is 25.4 Å². The third kappa shape index (κ3) is 2.97. The highest BCUT2D eigenvalue weighted by Gasteiger charge is 2.31. The van der Waals surface area contributed by atoms with E-state index in [-0.39, 0.29) is 12.0 Å². The number of likely N-dealkylation sites (tertiary alicyclic amines) is 1. The molecule has 0 amide bonds. The van der Waals surface area contributed by atoms with Crippen LogP contribution < -0.4 is 0 Å². The Kier molecular flexibility index (Phi) is 4.01. The fraction of sp³-hybridized carbons (Fsp3) is 0.375. The van der Waals surface area contributed by atoms with Crippen LogP contribution in [0.25, 0.3) is 5.69 Å². The number of esters is 1. The molecule has 110 valence electrons. The predicted octanol–water partition coefficient (Wildman–Crippen LogP) is 2.01. The first-order valence-corrected chi connectivity index (χ1v) is 7.19. The lowest BCUT2D eigenvalue weighted by Gasteiger charge is -2.22. The van der Waals surface area contributed by atoms with Gasteiger partial charge >= 0.3 is 5.97 Å². The number of carbonyl (C=O) groups excluding carboxylic acids is 1. The highest BCUT2D eigenvalue weighted by atomic mass is 16.5. The average Bonchev–Trinajstić information content (AvgIpc) is 3.18. The highest BCUT2D eigenvalue weighted by Crippen LogP contribution is 2.21. The molecule has 0 saturated carbocycles. The lowest BCUT2D eigenvalue weighted by Crippen LogP contribution is -2.36. The van der Waals surface area contributed by atoms with Crippen LogP contribution in [0, 0.1) is 0 Å². The standard InChI is InChI=1S/C16H19N3O2/c1-21-16(20)15-4-2-10-18(15)12-13-5-7-14(8-6-13)19-11-3-9-17-19/h3,5-9,11,15H,2,4,10,12H2,1H3. The Bertz CT molecular complexity index is 592. The van der Waals surface area contributed by atoms with Crippen LogP contribution in [0.1, 0.15) is 18.4 Å². The Labute approximate surface area is 124 Å². The van der Waals surface area contributed by atoms with Gasteiger partial charge in [-0.05, 0) is 43.1 Å². The fourth-order valence-electron chi connectivity index (χ4n) is 2.83. The number of aromatic nitrogens is 2. The van der Waals surface area contributed by atoms with Crippen LogP contribution in [-0.4, -0.2) is 40.3 Å². The summed E-state index contributed by atoms with van der Waals surface area (Å²) >= 11 is 0. The molecule has 1 aliphatic heterocycles. The van der Waals surface area contributed by atoms with Gasteiger partial charge in [0.15, 0.2) is 0 Å². The minimum absolute atomic E-state index is 0.0965. The number of nitrogens with zero attached hydrogens (tertiary/aromatic N) is 3. The second kappa shape index (κ2) is 6.10. The molecule has 0 radical (unpaired) electrons. The second-order valence-electron chi connectivity index (χ2n) is 5.27. The number of carbonyl (C=O) groups is 1. The molecule has 0 N–H and O–H groups in total. The molecule has 0 aliphatic carbocycles. The number of rotatable bonds is 4. The van der Waals surface area contributed by atoms with E-state index in [0.717, 1.165) is 31.6 Å². The average molecular weight is 285 g/mol. The van der Waals surface area contributed by atoms with Crippen molar-refractivity contribution in [2.24, 2.45) is 0 Å². The molecular formula is C16H19N3O2. The minimum Gasteiger partial charge on any atom is -0.468 e. The molecule has 1 aromatic heterocycles. The second-order valence-corrected chi connectivity index (χ2v) is 5.27. The lowest BCUT2D eigenvalue weighted by atomic mass is 10.1. The van der Waals surface area contributed by atoms with Gasteiger partial charge < -0.3 is 4.74 Å². The van der Waals surface area contributed by atoms with Crippen LogP contribution >= 0.6 is 0 Å². The maximum atomic E-state index is 11.7. The fourth-order valence-corrected chi connectivity index (χ4v) is 2.83. The van der Waals surface area contributed by atoms with Crippen molar-refractivity contribution < 1.29 is 9.53 Å². The molecular weight excluding hydrogens is 266 g/mol. The first-order valence-electron chi connectivity index (χ1n) is 7.19. The molecule has 1 aromatic carbocycles. The third-order valence-electron chi connectivity index (χ3n) is 3.93. The molecule has 0 spiro atoms. The van der Waals surface area contributed by atoms with Gasteiger partial charge in [-0.1, -0.05) is 12.1 Å². The predicted molar refractivity (Wildman–Crippen MR) is 79.0 cm³/mol. The van der Waals surface area contributed by atoms with Crippen LogP contribution in [0.4, 0.5) is 0 Å². The molecule has 1 unspecified atom stereocenters. The van der Waals surface area contributed by atoms with Gasteiger partial charge in [0.1, 0.15) is 6.04 Å². The van der Waals surface area contributed by atoms with Gasteiger partial charge in [-0.2, -0.15) is 5.10 Å². The summed E-state index contributed by atoms with van der Waals surface area (Å²) in [7, 11) is 1.46. The van der Waals surface area contributed by atoms with Crippen molar-refractivity contribution in [1.82, 2.24) is 14.7 Å². The van der Waals surface area contributed by atoms with E-state index < -0.39 is 0 Å². The van der Waals surface area contributed by atoms with Crippen molar-refractivity contribution in [1.29, 1.82) is 0 Å². The molecule has 5 heteroatoms. The summed E-state index contributed by atoms with van der Waals surface area (Å²) in [6, 6.07) is 10.1. The van der Waals surface area contributed by atoms with E-state index in [1.807, 2.05) is 29.1 Å². The molecule has 1 saturated heterocycles. The van der Waals surface area contributed by atoms with Crippen LogP contribution in [0.15, 0.2) is 42.7 Å². The number of methoxy groups -OCH3 is 1. The van der Waals surface area contributed by atoms with Crippen molar-refractivity contribution in [2.75, 3.05) is 13.7 Å². The Balaban J connectivity index is 1.69. The zero-order valence-corrected chi connectivity index (χ0v) is 12.1. The van der Waals surface area contributed by atoms with Crippen LogP contribution in [-0.2, 0) is 16.1 Å². The molecule has 21 heavy (non-hydrogen) atoms. The molecule has 2 aromatic rings. The van der Waals surface area contributed by atoms with Crippen LogP contribution in [0.5, 0.6) is 0 Å². The van der Waals surface area contributed by atoms with Crippen LogP contribution in [0.2, 0.25) is 0 Å². The van der Waals surface area contributed by atoms with E-state index in [1.54, 1.807) is 6.20 Å². The molecule has 2 heterocycles. The van der Waals surface area contributed by atoms with E-state index in [1.165, 1.54) is 12.7 Å². The van der Waals surface area contributed by atoms with Gasteiger partial charge in [-0.15, -0.1) is 0 Å². The molecule has 3 rings (SSSR count). The van der Waals surface area contributed by atoms with Crippen molar-refractivity contribution in [3.63, 3.8) is 0 Å². The summed E-state index contributed by atoms with van der Waals surface area (Å²) in [6.07, 6.45) is 5.62. The molecule has 5 nitrogen and oxygen atoms in total. The van der Waals surface area contributed by atoms with Gasteiger partial charge in [0.25, 0.3) is 0 Å². The van der Waals surface area contributed by atoms with Gasteiger partial charge in [-0.3, -0.25) is 9.69 Å². The third-order valence-corrected chi connectivity index (χ3v) is 3.93. The van der Waals surface area contributed by atoms with Crippen molar-refractivity contribution in [3.8, 4) is 5.69 Å². The molecule has 1 fully saturated rings. The summed E-state index contributed by atoms with van der Waals surface area (Å²) in [6.45, 7) is 1.72. The monoisotopic (exact) mass is 285 g/mol. The molecule has 1 atom stereocenters. The maximum absolute atomic E-state index is 11.7. The van der Waals surface area contributed by atoms with Gasteiger partial charge in [0, 0.05) is 18.9 Å². The number of hydrogen-bond donors (Lipinski definition) is 0. The molecule has 1 aliphatic rings. The molecule has 0 bridgehead atoms. The van der Waals surface area contributed by atoms with E-state index in [9.17, 15) is 4.79 Å². The number of ether oxygens (including phenoxy) is 1. The number of benzene rings is 1. The first-order chi connectivity index (χ1) is 10.3. The maximum Gasteiger partial charge on any atom is 0.323 e. The van der Waals surface area contributed by atoms with Gasteiger partial charge in [-0.25, -0.2) is 4.68 Å². The quantitative estimate of drug-likeness (QED) is 0.806. The summed E-state index contributed by atoms with van der Waals surface area (Å²) in [5.74, 6) is -0.124. The Hall–Kier alpha value is -2.14. The zero-order valence-electron chi connectivity index (χ0n) is 12.1. The van der Waals surface area contributed by atoms with Gasteiger partial charge in [0.2, 0.25) is 0 Å². The topological polar surface area (TPSA) is 47.4 Å². The van der Waals surface area contributed by atoms with E-state index >= 15 is 0 Å². The summed E-state index contributed by atoms with van der Waals surface area (Å²) in [4.78, 5) is 13.9. The van der Waals surface area contributed by atoms with Crippen LogP contribution in [0.3, 0.4) is 0 Å². The normalized spacial score (nSPS) is 18.8. The Morgan fingerprint density at radius 1 is 1.38 bits per heavy atom. The van der Waals surface area contributed by atoms with E-state index in [0.29, 0.717) is 0 Å². The minimum atomic E-state index is -0.124.